The summed E-state index contributed by atoms with van der Waals surface area (Å²) in [5, 5.41) is 8.85. The summed E-state index contributed by atoms with van der Waals surface area (Å²) in [6.45, 7) is 0.751. The van der Waals surface area contributed by atoms with E-state index in [4.69, 9.17) is 20.5 Å². The predicted octanol–water partition coefficient (Wildman–Crippen LogP) is 2.57. The number of benzene rings is 1. The van der Waals surface area contributed by atoms with E-state index >= 15 is 0 Å². The van der Waals surface area contributed by atoms with Crippen molar-refractivity contribution in [2.45, 2.75) is 31.0 Å². The van der Waals surface area contributed by atoms with Gasteiger partial charge in [0, 0.05) is 18.6 Å². The van der Waals surface area contributed by atoms with E-state index in [2.05, 4.69) is 6.07 Å². The molecule has 4 nitrogen and oxygen atoms in total. The van der Waals surface area contributed by atoms with Crippen molar-refractivity contribution in [3.63, 3.8) is 0 Å². The molecule has 20 heavy (non-hydrogen) atoms. The Morgan fingerprint density at radius 1 is 1.50 bits per heavy atom. The van der Waals surface area contributed by atoms with Crippen molar-refractivity contribution in [1.29, 1.82) is 5.26 Å². The van der Waals surface area contributed by atoms with E-state index in [-0.39, 0.29) is 11.7 Å². The quantitative estimate of drug-likeness (QED) is 0.848. The minimum Gasteiger partial charge on any atom is -0.488 e. The summed E-state index contributed by atoms with van der Waals surface area (Å²) in [6.07, 6.45) is 3.09. The zero-order chi connectivity index (χ0) is 14.0. The number of nitrogens with two attached hydrogens (primary N) is 1. The molecule has 106 valence electrons. The summed E-state index contributed by atoms with van der Waals surface area (Å²) in [4.78, 5) is 0. The summed E-state index contributed by atoms with van der Waals surface area (Å²) >= 11 is 1.95. The predicted molar refractivity (Wildman–Crippen MR) is 79.8 cm³/mol. The number of thioether (sulfide) groups is 1. The van der Waals surface area contributed by atoms with Crippen molar-refractivity contribution in [3.05, 3.63) is 23.8 Å². The largest absolute Gasteiger partial charge is 0.488 e. The first-order chi connectivity index (χ1) is 9.71. The third-order valence-electron chi connectivity index (χ3n) is 3.95. The minimum absolute atomic E-state index is 0.00887. The monoisotopic (exact) mass is 290 g/mol. The molecule has 1 aromatic rings. The molecular weight excluding hydrogens is 272 g/mol. The fraction of sp³-hybridized carbons (Fsp3) is 0.533. The molecule has 0 bridgehead atoms. The lowest BCUT2D eigenvalue weighted by Crippen LogP contribution is -2.43. The third-order valence-corrected chi connectivity index (χ3v) is 5.17. The average molecular weight is 290 g/mol. The highest BCUT2D eigenvalue weighted by Gasteiger charge is 2.41. The Hall–Kier alpha value is -1.38. The van der Waals surface area contributed by atoms with Crippen LogP contribution in [-0.2, 0) is 4.74 Å². The Labute approximate surface area is 123 Å². The lowest BCUT2D eigenvalue weighted by atomic mass is 9.91. The molecular formula is C15H18N2O2S. The lowest BCUT2D eigenvalue weighted by Gasteiger charge is -2.37. The topological polar surface area (TPSA) is 68.3 Å². The molecule has 2 aliphatic rings. The maximum Gasteiger partial charge on any atom is 0.142 e. The number of nitrogens with zero attached hydrogens (tertiary/aromatic N) is 1. The molecule has 0 amide bonds. The Balaban J connectivity index is 1.70. The fourth-order valence-electron chi connectivity index (χ4n) is 2.85. The Morgan fingerprint density at radius 3 is 3.10 bits per heavy atom. The van der Waals surface area contributed by atoms with Crippen LogP contribution in [0.5, 0.6) is 5.75 Å². The number of hydrogen-bond donors (Lipinski definition) is 1. The smallest absolute Gasteiger partial charge is 0.142 e. The van der Waals surface area contributed by atoms with Crippen molar-refractivity contribution in [2.24, 2.45) is 0 Å². The second-order valence-electron chi connectivity index (χ2n) is 5.43. The maximum atomic E-state index is 8.85. The summed E-state index contributed by atoms with van der Waals surface area (Å²) in [7, 11) is 0. The van der Waals surface area contributed by atoms with E-state index < -0.39 is 0 Å². The van der Waals surface area contributed by atoms with Crippen LogP contribution in [0, 0.1) is 11.3 Å². The van der Waals surface area contributed by atoms with Gasteiger partial charge in [-0.3, -0.25) is 0 Å². The molecule has 0 radical (unpaired) electrons. The molecule has 1 spiro atoms. The van der Waals surface area contributed by atoms with Crippen LogP contribution in [0.2, 0.25) is 0 Å². The molecule has 2 unspecified atom stereocenters. The number of ether oxygens (including phenoxy) is 2. The van der Waals surface area contributed by atoms with Crippen LogP contribution in [0.3, 0.4) is 0 Å². The number of rotatable bonds is 2. The Bertz CT molecular complexity index is 535. The molecule has 0 saturated carbocycles. The standard InChI is InChI=1S/C15H18N2O2S/c16-9-11-1-2-14(13(17)7-11)19-12-3-5-18-15(8-12)4-6-20-10-15/h1-2,7,12H,3-6,8,10,17H2. The molecule has 5 heteroatoms. The van der Waals surface area contributed by atoms with Crippen LogP contribution >= 0.6 is 11.8 Å². The zero-order valence-corrected chi connectivity index (χ0v) is 12.1. The van der Waals surface area contributed by atoms with Gasteiger partial charge in [0.25, 0.3) is 0 Å². The van der Waals surface area contributed by atoms with Gasteiger partial charge >= 0.3 is 0 Å². The molecule has 2 heterocycles. The van der Waals surface area contributed by atoms with Crippen LogP contribution in [0.15, 0.2) is 18.2 Å². The molecule has 0 aliphatic carbocycles. The van der Waals surface area contributed by atoms with Gasteiger partial charge in [-0.2, -0.15) is 17.0 Å². The van der Waals surface area contributed by atoms with Gasteiger partial charge in [-0.05, 0) is 30.4 Å². The molecule has 2 aliphatic heterocycles. The minimum atomic E-state index is 0.00887. The first-order valence-electron chi connectivity index (χ1n) is 6.89. The SMILES string of the molecule is N#Cc1ccc(OC2CCOC3(CCSC3)C2)c(N)c1. The average Bonchev–Trinajstić information content (AvgIpc) is 2.89. The number of anilines is 1. The first kappa shape index (κ1) is 13.6. The molecule has 2 N–H and O–H groups in total. The van der Waals surface area contributed by atoms with Gasteiger partial charge in [-0.1, -0.05) is 0 Å². The number of nitrogen functional groups attached to an aromatic ring is 1. The molecule has 2 atom stereocenters. The zero-order valence-electron chi connectivity index (χ0n) is 11.3. The molecule has 3 rings (SSSR count). The third kappa shape index (κ3) is 2.72. The van der Waals surface area contributed by atoms with E-state index in [0.29, 0.717) is 17.0 Å². The summed E-state index contributed by atoms with van der Waals surface area (Å²) in [5.41, 5.74) is 7.05. The molecule has 2 fully saturated rings. The van der Waals surface area contributed by atoms with Crippen LogP contribution < -0.4 is 10.5 Å². The van der Waals surface area contributed by atoms with Crippen LogP contribution in [-0.4, -0.2) is 29.8 Å². The Kier molecular flexibility index (Phi) is 3.77. The van der Waals surface area contributed by atoms with E-state index in [0.717, 1.165) is 31.6 Å². The van der Waals surface area contributed by atoms with Gasteiger partial charge in [-0.25, -0.2) is 0 Å². The summed E-state index contributed by atoms with van der Waals surface area (Å²) in [5.74, 6) is 2.92. The van der Waals surface area contributed by atoms with E-state index in [1.807, 2.05) is 11.8 Å². The normalized spacial score (nSPS) is 29.2. The highest BCUT2D eigenvalue weighted by Crippen LogP contribution is 2.39. The van der Waals surface area contributed by atoms with Crippen LogP contribution in [0.25, 0.3) is 0 Å². The van der Waals surface area contributed by atoms with Crippen LogP contribution in [0.4, 0.5) is 5.69 Å². The van der Waals surface area contributed by atoms with E-state index in [9.17, 15) is 0 Å². The molecule has 0 aromatic heterocycles. The van der Waals surface area contributed by atoms with Crippen molar-refractivity contribution in [2.75, 3.05) is 23.8 Å². The van der Waals surface area contributed by atoms with Crippen molar-refractivity contribution >= 4 is 17.4 Å². The maximum absolute atomic E-state index is 8.85. The van der Waals surface area contributed by atoms with Crippen LogP contribution in [0.1, 0.15) is 24.8 Å². The number of nitriles is 1. The summed E-state index contributed by atoms with van der Waals surface area (Å²) in [6, 6.07) is 7.28. The Morgan fingerprint density at radius 2 is 2.40 bits per heavy atom. The van der Waals surface area contributed by atoms with Gasteiger partial charge in [0.1, 0.15) is 11.9 Å². The highest BCUT2D eigenvalue weighted by atomic mass is 32.2. The van der Waals surface area contributed by atoms with E-state index in [1.54, 1.807) is 18.2 Å². The molecule has 1 aromatic carbocycles. The van der Waals surface area contributed by atoms with Crippen molar-refractivity contribution < 1.29 is 9.47 Å². The van der Waals surface area contributed by atoms with Gasteiger partial charge in [0.15, 0.2) is 0 Å². The van der Waals surface area contributed by atoms with Crippen molar-refractivity contribution in [3.8, 4) is 11.8 Å². The number of hydrogen-bond acceptors (Lipinski definition) is 5. The first-order valence-corrected chi connectivity index (χ1v) is 8.04. The van der Waals surface area contributed by atoms with Crippen molar-refractivity contribution in [1.82, 2.24) is 0 Å². The second-order valence-corrected chi connectivity index (χ2v) is 6.54. The van der Waals surface area contributed by atoms with Gasteiger partial charge in [-0.15, -0.1) is 0 Å². The van der Waals surface area contributed by atoms with Gasteiger partial charge < -0.3 is 15.2 Å². The summed E-state index contributed by atoms with van der Waals surface area (Å²) < 4.78 is 12.0. The van der Waals surface area contributed by atoms with Gasteiger partial charge in [0.2, 0.25) is 0 Å². The second kappa shape index (κ2) is 5.55. The van der Waals surface area contributed by atoms with Gasteiger partial charge in [0.05, 0.1) is 29.5 Å². The molecule has 2 saturated heterocycles. The lowest BCUT2D eigenvalue weighted by molar-refractivity contribution is -0.0957. The highest BCUT2D eigenvalue weighted by molar-refractivity contribution is 7.99. The fourth-order valence-corrected chi connectivity index (χ4v) is 4.23. The van der Waals surface area contributed by atoms with E-state index in [1.165, 1.54) is 5.75 Å².